The second-order valence-corrected chi connectivity index (χ2v) is 9.48. The first-order valence-corrected chi connectivity index (χ1v) is 10.5. The Kier molecular flexibility index (Phi) is 8.44. The van der Waals surface area contributed by atoms with E-state index in [0.29, 0.717) is 26.3 Å². The van der Waals surface area contributed by atoms with Crippen molar-refractivity contribution in [2.75, 3.05) is 0 Å². The van der Waals surface area contributed by atoms with Crippen molar-refractivity contribution in [2.24, 2.45) is 0 Å². The van der Waals surface area contributed by atoms with Gasteiger partial charge in [0.25, 0.3) is 0 Å². The van der Waals surface area contributed by atoms with Crippen molar-refractivity contribution in [1.29, 1.82) is 0 Å². The van der Waals surface area contributed by atoms with Crippen molar-refractivity contribution >= 4 is 6.03 Å². The Morgan fingerprint density at radius 1 is 0.700 bits per heavy atom. The van der Waals surface area contributed by atoms with E-state index >= 15 is 0 Å². The molecule has 2 aromatic carbocycles. The zero-order valence-corrected chi connectivity index (χ0v) is 19.2. The van der Waals surface area contributed by atoms with Gasteiger partial charge in [-0.05, 0) is 63.8 Å². The van der Waals surface area contributed by atoms with Crippen molar-refractivity contribution in [3.63, 3.8) is 0 Å². The molecule has 0 saturated heterocycles. The summed E-state index contributed by atoms with van der Waals surface area (Å²) >= 11 is 0. The van der Waals surface area contributed by atoms with Crippen molar-refractivity contribution in [3.05, 3.63) is 70.8 Å². The topological polar surface area (TPSA) is 59.6 Å². The van der Waals surface area contributed by atoms with Gasteiger partial charge >= 0.3 is 6.03 Å². The van der Waals surface area contributed by atoms with Crippen LogP contribution in [0, 0.1) is 0 Å². The third-order valence-electron chi connectivity index (χ3n) is 4.23. The number of carbonyl (C=O) groups is 1. The molecule has 0 aliphatic heterocycles. The molecule has 0 unspecified atom stereocenters. The van der Waals surface area contributed by atoms with E-state index in [1.54, 1.807) is 0 Å². The van der Waals surface area contributed by atoms with Gasteiger partial charge in [0.05, 0.1) is 24.4 Å². The van der Waals surface area contributed by atoms with Crippen molar-refractivity contribution in [1.82, 2.24) is 10.6 Å². The molecule has 5 heteroatoms. The zero-order valence-electron chi connectivity index (χ0n) is 19.2. The van der Waals surface area contributed by atoms with E-state index in [9.17, 15) is 4.79 Å². The van der Waals surface area contributed by atoms with E-state index in [2.05, 4.69) is 22.8 Å². The fraction of sp³-hybridized carbons (Fsp3) is 0.480. The largest absolute Gasteiger partial charge is 0.371 e. The molecule has 0 aromatic heterocycles. The van der Waals surface area contributed by atoms with Crippen LogP contribution in [0.5, 0.6) is 0 Å². The SMILES string of the molecule is CC(C)(C)OCc1cccc(CNC(=O)NCc2cccc(COC(C)(C)C)c2)c1. The van der Waals surface area contributed by atoms with E-state index in [1.807, 2.05) is 77.9 Å². The normalized spacial score (nSPS) is 11.9. The summed E-state index contributed by atoms with van der Waals surface area (Å²) in [7, 11) is 0. The monoisotopic (exact) mass is 412 g/mol. The number of rotatable bonds is 8. The maximum Gasteiger partial charge on any atom is 0.315 e. The fourth-order valence-corrected chi connectivity index (χ4v) is 2.69. The minimum atomic E-state index is -0.192. The second-order valence-electron chi connectivity index (χ2n) is 9.48. The lowest BCUT2D eigenvalue weighted by Crippen LogP contribution is -2.34. The van der Waals surface area contributed by atoms with Gasteiger partial charge in [-0.3, -0.25) is 0 Å². The highest BCUT2D eigenvalue weighted by Gasteiger charge is 2.11. The lowest BCUT2D eigenvalue weighted by atomic mass is 10.1. The standard InChI is InChI=1S/C25H36N2O3/c1-24(2,3)29-17-21-11-7-9-19(13-21)15-26-23(28)27-16-20-10-8-12-22(14-20)18-30-25(4,5)6/h7-14H,15-18H2,1-6H3,(H2,26,27,28). The van der Waals surface area contributed by atoms with Gasteiger partial charge in [0, 0.05) is 13.1 Å². The highest BCUT2D eigenvalue weighted by atomic mass is 16.5. The highest BCUT2D eigenvalue weighted by Crippen LogP contribution is 2.14. The Morgan fingerprint density at radius 3 is 1.43 bits per heavy atom. The van der Waals surface area contributed by atoms with Gasteiger partial charge in [-0.1, -0.05) is 48.5 Å². The van der Waals surface area contributed by atoms with Crippen molar-refractivity contribution in [3.8, 4) is 0 Å². The summed E-state index contributed by atoms with van der Waals surface area (Å²) in [6.07, 6.45) is 0. The van der Waals surface area contributed by atoms with Crippen LogP contribution >= 0.6 is 0 Å². The number of urea groups is 1. The number of benzene rings is 2. The Balaban J connectivity index is 1.79. The molecule has 2 aromatic rings. The molecule has 164 valence electrons. The molecule has 2 rings (SSSR count). The molecule has 0 aliphatic rings. The number of amides is 2. The van der Waals surface area contributed by atoms with Crippen LogP contribution < -0.4 is 10.6 Å². The smallest absolute Gasteiger partial charge is 0.315 e. The lowest BCUT2D eigenvalue weighted by Gasteiger charge is -2.20. The molecule has 2 N–H and O–H groups in total. The van der Waals surface area contributed by atoms with Gasteiger partial charge in [-0.25, -0.2) is 4.79 Å². The summed E-state index contributed by atoms with van der Waals surface area (Å²) in [6.45, 7) is 14.3. The molecule has 0 heterocycles. The van der Waals surface area contributed by atoms with Crippen LogP contribution in [0.2, 0.25) is 0 Å². The van der Waals surface area contributed by atoms with Gasteiger partial charge in [0.15, 0.2) is 0 Å². The van der Waals surface area contributed by atoms with Gasteiger partial charge in [0.2, 0.25) is 0 Å². The number of carbonyl (C=O) groups excluding carboxylic acids is 1. The molecule has 0 spiro atoms. The first-order chi connectivity index (χ1) is 14.0. The second kappa shape index (κ2) is 10.6. The van der Waals surface area contributed by atoms with Crippen LogP contribution in [0.4, 0.5) is 4.79 Å². The highest BCUT2D eigenvalue weighted by molar-refractivity contribution is 5.73. The number of hydrogen-bond donors (Lipinski definition) is 2. The molecule has 0 fully saturated rings. The number of hydrogen-bond acceptors (Lipinski definition) is 3. The van der Waals surface area contributed by atoms with Crippen LogP contribution in [-0.4, -0.2) is 17.2 Å². The van der Waals surface area contributed by atoms with Crippen LogP contribution in [-0.2, 0) is 35.8 Å². The molecule has 30 heavy (non-hydrogen) atoms. The van der Waals surface area contributed by atoms with Gasteiger partial charge in [-0.15, -0.1) is 0 Å². The first-order valence-electron chi connectivity index (χ1n) is 10.5. The van der Waals surface area contributed by atoms with E-state index in [-0.39, 0.29) is 17.2 Å². The maximum atomic E-state index is 12.2. The van der Waals surface area contributed by atoms with Crippen LogP contribution in [0.25, 0.3) is 0 Å². The van der Waals surface area contributed by atoms with Gasteiger partial charge in [-0.2, -0.15) is 0 Å². The third kappa shape index (κ3) is 9.90. The summed E-state index contributed by atoms with van der Waals surface area (Å²) in [5, 5.41) is 5.83. The molecular formula is C25H36N2O3. The van der Waals surface area contributed by atoms with Crippen LogP contribution in [0.15, 0.2) is 48.5 Å². The quantitative estimate of drug-likeness (QED) is 0.617. The minimum absolute atomic E-state index is 0.176. The van der Waals surface area contributed by atoms with Crippen molar-refractivity contribution in [2.45, 2.75) is 79.0 Å². The summed E-state index contributed by atoms with van der Waals surface area (Å²) < 4.78 is 11.6. The summed E-state index contributed by atoms with van der Waals surface area (Å²) in [6, 6.07) is 16.0. The van der Waals surface area contributed by atoms with Crippen LogP contribution in [0.1, 0.15) is 63.8 Å². The third-order valence-corrected chi connectivity index (χ3v) is 4.23. The Labute approximate surface area is 181 Å². The maximum absolute atomic E-state index is 12.2. The zero-order chi connectivity index (χ0) is 22.2. The summed E-state index contributed by atoms with van der Waals surface area (Å²) in [5.41, 5.74) is 3.93. The number of nitrogens with one attached hydrogen (secondary N) is 2. The Bertz CT molecular complexity index is 752. The number of ether oxygens (including phenoxy) is 2. The molecule has 0 saturated carbocycles. The summed E-state index contributed by atoms with van der Waals surface area (Å²) in [4.78, 5) is 12.2. The first kappa shape index (κ1) is 23.9. The molecule has 0 aliphatic carbocycles. The molecular weight excluding hydrogens is 376 g/mol. The van der Waals surface area contributed by atoms with E-state index in [4.69, 9.17) is 9.47 Å². The molecule has 0 radical (unpaired) electrons. The molecule has 2 amide bonds. The van der Waals surface area contributed by atoms with Crippen molar-refractivity contribution < 1.29 is 14.3 Å². The van der Waals surface area contributed by atoms with E-state index in [1.165, 1.54) is 0 Å². The molecule has 0 atom stereocenters. The van der Waals surface area contributed by atoms with Gasteiger partial charge in [0.1, 0.15) is 0 Å². The van der Waals surface area contributed by atoms with E-state index in [0.717, 1.165) is 22.3 Å². The minimum Gasteiger partial charge on any atom is -0.371 e. The average molecular weight is 413 g/mol. The fourth-order valence-electron chi connectivity index (χ4n) is 2.69. The summed E-state index contributed by atoms with van der Waals surface area (Å²) in [5.74, 6) is 0. The predicted octanol–water partition coefficient (Wildman–Crippen LogP) is 5.32. The Morgan fingerprint density at radius 2 is 1.07 bits per heavy atom. The van der Waals surface area contributed by atoms with Crippen LogP contribution in [0.3, 0.4) is 0 Å². The lowest BCUT2D eigenvalue weighted by molar-refractivity contribution is -0.0152. The predicted molar refractivity (Wildman–Crippen MR) is 121 cm³/mol. The van der Waals surface area contributed by atoms with E-state index < -0.39 is 0 Å². The molecule has 5 nitrogen and oxygen atoms in total. The Hall–Kier alpha value is -2.37. The van der Waals surface area contributed by atoms with Gasteiger partial charge < -0.3 is 20.1 Å². The molecule has 0 bridgehead atoms. The average Bonchev–Trinajstić information content (AvgIpc) is 2.67.